The zero-order chi connectivity index (χ0) is 20.3. The lowest BCUT2D eigenvalue weighted by Gasteiger charge is -2.37. The van der Waals surface area contributed by atoms with Crippen molar-refractivity contribution in [1.82, 2.24) is 10.2 Å². The third kappa shape index (κ3) is 4.52. The topological polar surface area (TPSA) is 78.7 Å². The second-order valence-corrected chi connectivity index (χ2v) is 7.34. The number of nitrogens with zero attached hydrogens (tertiary/aromatic N) is 3. The van der Waals surface area contributed by atoms with Crippen LogP contribution < -0.4 is 10.2 Å². The first-order chi connectivity index (χ1) is 13.4. The van der Waals surface area contributed by atoms with E-state index in [4.69, 9.17) is 35.4 Å². The Morgan fingerprint density at radius 1 is 1.11 bits per heavy atom. The number of nitro groups is 1. The number of para-hydroxylation sites is 1. The Morgan fingerprint density at radius 2 is 1.79 bits per heavy atom. The fourth-order valence-corrected chi connectivity index (χ4v) is 3.73. The van der Waals surface area contributed by atoms with Crippen LogP contribution >= 0.6 is 35.4 Å². The average molecular weight is 439 g/mol. The summed E-state index contributed by atoms with van der Waals surface area (Å²) in [6.07, 6.45) is 0. The highest BCUT2D eigenvalue weighted by atomic mass is 35.5. The highest BCUT2D eigenvalue weighted by molar-refractivity contribution is 7.80. The van der Waals surface area contributed by atoms with Crippen LogP contribution in [0.5, 0.6) is 0 Å². The fourth-order valence-electron chi connectivity index (χ4n) is 2.98. The number of benzene rings is 2. The van der Waals surface area contributed by atoms with Crippen molar-refractivity contribution in [3.8, 4) is 0 Å². The quantitative estimate of drug-likeness (QED) is 0.446. The third-order valence-electron chi connectivity index (χ3n) is 4.35. The van der Waals surface area contributed by atoms with Crippen LogP contribution in [-0.4, -0.2) is 47.0 Å². The molecule has 1 aliphatic rings. The second kappa shape index (κ2) is 8.72. The van der Waals surface area contributed by atoms with Gasteiger partial charge < -0.3 is 9.80 Å². The van der Waals surface area contributed by atoms with Gasteiger partial charge in [0.05, 0.1) is 9.95 Å². The number of hydrogen-bond donors (Lipinski definition) is 1. The van der Waals surface area contributed by atoms with Gasteiger partial charge in [-0.25, -0.2) is 0 Å². The van der Waals surface area contributed by atoms with Crippen molar-refractivity contribution >= 4 is 57.8 Å². The molecule has 1 heterocycles. The van der Waals surface area contributed by atoms with Crippen molar-refractivity contribution < 1.29 is 9.72 Å². The summed E-state index contributed by atoms with van der Waals surface area (Å²) >= 11 is 17.5. The van der Waals surface area contributed by atoms with E-state index in [0.29, 0.717) is 52.6 Å². The van der Waals surface area contributed by atoms with Gasteiger partial charge in [-0.05, 0) is 36.5 Å². The number of rotatable bonds is 3. The Labute approximate surface area is 177 Å². The molecule has 0 aliphatic carbocycles. The summed E-state index contributed by atoms with van der Waals surface area (Å²) in [6.45, 7) is 1.96. The van der Waals surface area contributed by atoms with Gasteiger partial charge in [0.2, 0.25) is 0 Å². The van der Waals surface area contributed by atoms with Crippen LogP contribution in [0.1, 0.15) is 10.4 Å². The van der Waals surface area contributed by atoms with E-state index in [9.17, 15) is 14.9 Å². The maximum atomic E-state index is 12.3. The number of thiocarbonyl (C=S) groups is 1. The van der Waals surface area contributed by atoms with E-state index < -0.39 is 4.92 Å². The molecule has 2 aromatic rings. The van der Waals surface area contributed by atoms with E-state index in [1.54, 1.807) is 36.4 Å². The lowest BCUT2D eigenvalue weighted by atomic mass is 10.2. The highest BCUT2D eigenvalue weighted by Crippen LogP contribution is 2.35. The standard InChI is InChI=1S/C18H16Cl2N4O3S/c19-13-4-1-3-12(11-13)17(25)21-18(28)23-9-7-22(8-10-23)16-14(20)5-2-6-15(16)24(26)27/h1-6,11H,7-10H2,(H,21,25,28). The summed E-state index contributed by atoms with van der Waals surface area (Å²) in [5, 5.41) is 15.1. The van der Waals surface area contributed by atoms with Crippen LogP contribution in [-0.2, 0) is 0 Å². The molecule has 10 heteroatoms. The molecule has 0 radical (unpaired) electrons. The Kier molecular flexibility index (Phi) is 6.33. The maximum Gasteiger partial charge on any atom is 0.294 e. The van der Waals surface area contributed by atoms with Crippen LogP contribution in [0.2, 0.25) is 10.0 Å². The maximum absolute atomic E-state index is 12.3. The predicted octanol–water partition coefficient (Wildman–Crippen LogP) is 3.74. The largest absolute Gasteiger partial charge is 0.361 e. The number of carbonyl (C=O) groups is 1. The van der Waals surface area contributed by atoms with E-state index in [-0.39, 0.29) is 11.6 Å². The Bertz CT molecular complexity index is 933. The van der Waals surface area contributed by atoms with Gasteiger partial charge in [0.15, 0.2) is 5.11 Å². The first-order valence-electron chi connectivity index (χ1n) is 8.40. The number of hydrogen-bond acceptors (Lipinski definition) is 5. The minimum Gasteiger partial charge on any atom is -0.361 e. The van der Waals surface area contributed by atoms with Crippen LogP contribution in [0.3, 0.4) is 0 Å². The molecule has 1 aliphatic heterocycles. The van der Waals surface area contributed by atoms with Crippen molar-refractivity contribution in [3.05, 3.63) is 68.2 Å². The molecule has 0 aromatic heterocycles. The molecule has 1 saturated heterocycles. The molecule has 0 atom stereocenters. The minimum atomic E-state index is -0.441. The van der Waals surface area contributed by atoms with Crippen molar-refractivity contribution in [2.24, 2.45) is 0 Å². The van der Waals surface area contributed by atoms with Gasteiger partial charge in [0, 0.05) is 42.8 Å². The van der Waals surface area contributed by atoms with Gasteiger partial charge in [-0.1, -0.05) is 35.3 Å². The number of piperazine rings is 1. The van der Waals surface area contributed by atoms with Gasteiger partial charge in [0.25, 0.3) is 11.6 Å². The van der Waals surface area contributed by atoms with E-state index in [0.717, 1.165) is 0 Å². The SMILES string of the molecule is O=C(NC(=S)N1CCN(c2c(Cl)cccc2[N+](=O)[O-])CC1)c1cccc(Cl)c1. The van der Waals surface area contributed by atoms with Gasteiger partial charge in [-0.3, -0.25) is 20.2 Å². The monoisotopic (exact) mass is 438 g/mol. The van der Waals surface area contributed by atoms with Crippen molar-refractivity contribution in [3.63, 3.8) is 0 Å². The number of nitro benzene ring substituents is 1. The van der Waals surface area contributed by atoms with E-state index in [1.807, 2.05) is 9.80 Å². The molecular weight excluding hydrogens is 423 g/mol. The summed E-state index contributed by atoms with van der Waals surface area (Å²) in [5.41, 5.74) is 0.792. The van der Waals surface area contributed by atoms with E-state index in [1.165, 1.54) is 6.07 Å². The van der Waals surface area contributed by atoms with Gasteiger partial charge in [-0.15, -0.1) is 0 Å². The summed E-state index contributed by atoms with van der Waals surface area (Å²) in [5.74, 6) is -0.336. The normalized spacial score (nSPS) is 13.9. The summed E-state index contributed by atoms with van der Waals surface area (Å²) in [4.78, 5) is 26.9. The summed E-state index contributed by atoms with van der Waals surface area (Å²) < 4.78 is 0. The predicted molar refractivity (Wildman–Crippen MR) is 113 cm³/mol. The third-order valence-corrected chi connectivity index (χ3v) is 5.25. The van der Waals surface area contributed by atoms with Crippen LogP contribution in [0.15, 0.2) is 42.5 Å². The Balaban J connectivity index is 1.64. The Morgan fingerprint density at radius 3 is 2.43 bits per heavy atom. The molecule has 1 N–H and O–H groups in total. The van der Waals surface area contributed by atoms with Crippen LogP contribution in [0.4, 0.5) is 11.4 Å². The molecule has 0 unspecified atom stereocenters. The molecule has 28 heavy (non-hydrogen) atoms. The molecule has 0 bridgehead atoms. The van der Waals surface area contributed by atoms with Gasteiger partial charge in [-0.2, -0.15) is 0 Å². The highest BCUT2D eigenvalue weighted by Gasteiger charge is 2.27. The second-order valence-electron chi connectivity index (χ2n) is 6.11. The number of carbonyl (C=O) groups excluding carboxylic acids is 1. The first kappa shape index (κ1) is 20.3. The van der Waals surface area contributed by atoms with E-state index in [2.05, 4.69) is 5.32 Å². The summed E-state index contributed by atoms with van der Waals surface area (Å²) in [7, 11) is 0. The lowest BCUT2D eigenvalue weighted by molar-refractivity contribution is -0.384. The zero-order valence-electron chi connectivity index (χ0n) is 14.6. The minimum absolute atomic E-state index is 0.0298. The molecule has 2 aromatic carbocycles. The number of anilines is 1. The van der Waals surface area contributed by atoms with Crippen molar-refractivity contribution in [1.29, 1.82) is 0 Å². The van der Waals surface area contributed by atoms with E-state index >= 15 is 0 Å². The van der Waals surface area contributed by atoms with Gasteiger partial charge >= 0.3 is 0 Å². The lowest BCUT2D eigenvalue weighted by Crippen LogP contribution is -2.52. The van der Waals surface area contributed by atoms with Crippen molar-refractivity contribution in [2.45, 2.75) is 0 Å². The van der Waals surface area contributed by atoms with Gasteiger partial charge in [0.1, 0.15) is 5.69 Å². The first-order valence-corrected chi connectivity index (χ1v) is 9.57. The van der Waals surface area contributed by atoms with Crippen LogP contribution in [0, 0.1) is 10.1 Å². The molecule has 1 fully saturated rings. The molecule has 0 spiro atoms. The molecule has 3 rings (SSSR count). The Hall–Kier alpha value is -2.42. The molecule has 1 amide bonds. The zero-order valence-corrected chi connectivity index (χ0v) is 16.9. The molecule has 146 valence electrons. The van der Waals surface area contributed by atoms with Crippen LogP contribution in [0.25, 0.3) is 0 Å². The smallest absolute Gasteiger partial charge is 0.294 e. The molecular formula is C18H16Cl2N4O3S. The fraction of sp³-hybridized carbons (Fsp3) is 0.222. The summed E-state index contributed by atoms with van der Waals surface area (Å²) in [6, 6.07) is 11.2. The number of halogens is 2. The number of nitrogens with one attached hydrogen (secondary N) is 1. The van der Waals surface area contributed by atoms with Crippen molar-refractivity contribution in [2.75, 3.05) is 31.1 Å². The number of amides is 1. The molecule has 7 nitrogen and oxygen atoms in total. The molecule has 0 saturated carbocycles. The average Bonchev–Trinajstić information content (AvgIpc) is 2.67.